The first kappa shape index (κ1) is 18.2. The molecule has 1 aliphatic carbocycles. The highest BCUT2D eigenvalue weighted by Gasteiger charge is 2.83. The SMILES string of the molecule is CCCCc1cccc2c1CC[N+]1=C2c2ccccc2C2(CC)C(C)C12CC. The van der Waals surface area contributed by atoms with Crippen LogP contribution >= 0.6 is 0 Å². The van der Waals surface area contributed by atoms with E-state index in [0.717, 1.165) is 5.92 Å². The summed E-state index contributed by atoms with van der Waals surface area (Å²) in [7, 11) is 0. The second-order valence-corrected chi connectivity index (χ2v) is 9.17. The zero-order chi connectivity index (χ0) is 19.5. The average molecular weight is 373 g/mol. The molecule has 0 amide bonds. The summed E-state index contributed by atoms with van der Waals surface area (Å²) in [6.07, 6.45) is 7.47. The van der Waals surface area contributed by atoms with Gasteiger partial charge in [-0.1, -0.05) is 64.4 Å². The highest BCUT2D eigenvalue weighted by atomic mass is 15.2. The zero-order valence-corrected chi connectivity index (χ0v) is 18.0. The Labute approximate surface area is 170 Å². The van der Waals surface area contributed by atoms with Gasteiger partial charge in [0.1, 0.15) is 6.54 Å². The molecule has 28 heavy (non-hydrogen) atoms. The van der Waals surface area contributed by atoms with Crippen LogP contribution in [0.3, 0.4) is 0 Å². The summed E-state index contributed by atoms with van der Waals surface area (Å²) < 4.78 is 2.86. The standard InChI is InChI=1S/C27H34N/c1-5-8-12-20-13-11-15-22-21(20)17-18-28-25(22)23-14-9-10-16-24(23)26(6-2)19(4)27(26,28)7-3/h9-11,13-16,19H,5-8,12,17-18H2,1-4H3/q+1. The first-order chi connectivity index (χ1) is 13.7. The molecule has 0 spiro atoms. The Bertz CT molecular complexity index is 968. The lowest BCUT2D eigenvalue weighted by molar-refractivity contribution is -0.591. The third kappa shape index (κ3) is 1.96. The van der Waals surface area contributed by atoms with Crippen LogP contribution in [0.15, 0.2) is 42.5 Å². The minimum atomic E-state index is 0.308. The second kappa shape index (κ2) is 6.31. The third-order valence-corrected chi connectivity index (χ3v) is 8.57. The second-order valence-electron chi connectivity index (χ2n) is 9.17. The van der Waals surface area contributed by atoms with Crippen molar-refractivity contribution in [2.45, 2.75) is 77.2 Å². The Kier molecular flexibility index (Phi) is 4.09. The van der Waals surface area contributed by atoms with Crippen LogP contribution in [0.25, 0.3) is 0 Å². The number of nitrogens with zero attached hydrogens (tertiary/aromatic N) is 1. The van der Waals surface area contributed by atoms with Crippen molar-refractivity contribution in [3.05, 3.63) is 70.3 Å². The van der Waals surface area contributed by atoms with Gasteiger partial charge >= 0.3 is 0 Å². The molecule has 2 aromatic carbocycles. The largest absolute Gasteiger partial charge is 0.222 e. The Morgan fingerprint density at radius 2 is 1.75 bits per heavy atom. The monoisotopic (exact) mass is 372 g/mol. The lowest BCUT2D eigenvalue weighted by Crippen LogP contribution is -2.48. The topological polar surface area (TPSA) is 3.01 Å². The molecule has 3 unspecified atom stereocenters. The fourth-order valence-corrected chi connectivity index (χ4v) is 7.35. The van der Waals surface area contributed by atoms with E-state index in [9.17, 15) is 0 Å². The van der Waals surface area contributed by atoms with E-state index in [-0.39, 0.29) is 0 Å². The number of hydrogen-bond donors (Lipinski definition) is 0. The van der Waals surface area contributed by atoms with Gasteiger partial charge in [-0.15, -0.1) is 0 Å². The first-order valence-electron chi connectivity index (χ1n) is 11.5. The molecule has 2 heterocycles. The number of unbranched alkanes of at least 4 members (excludes halogenated alkanes) is 1. The fraction of sp³-hybridized carbons (Fsp3) is 0.519. The van der Waals surface area contributed by atoms with E-state index >= 15 is 0 Å². The predicted molar refractivity (Wildman–Crippen MR) is 118 cm³/mol. The third-order valence-electron chi connectivity index (χ3n) is 8.57. The van der Waals surface area contributed by atoms with Crippen molar-refractivity contribution in [2.24, 2.45) is 5.92 Å². The number of aryl methyl sites for hydroxylation is 1. The first-order valence-corrected chi connectivity index (χ1v) is 11.5. The molecular weight excluding hydrogens is 338 g/mol. The van der Waals surface area contributed by atoms with E-state index in [2.05, 4.69) is 74.7 Å². The van der Waals surface area contributed by atoms with E-state index < -0.39 is 0 Å². The van der Waals surface area contributed by atoms with Crippen molar-refractivity contribution in [1.29, 1.82) is 0 Å². The smallest absolute Gasteiger partial charge is 0.215 e. The maximum Gasteiger partial charge on any atom is 0.215 e. The molecule has 3 aliphatic rings. The van der Waals surface area contributed by atoms with Crippen LogP contribution in [0.1, 0.15) is 81.2 Å². The maximum absolute atomic E-state index is 2.86. The van der Waals surface area contributed by atoms with Crippen LogP contribution in [0, 0.1) is 5.92 Å². The summed E-state index contributed by atoms with van der Waals surface area (Å²) in [6.45, 7) is 10.8. The molecule has 146 valence electrons. The van der Waals surface area contributed by atoms with Gasteiger partial charge in [0, 0.05) is 18.8 Å². The summed E-state index contributed by atoms with van der Waals surface area (Å²) in [5.74, 6) is 0.721. The van der Waals surface area contributed by atoms with Crippen LogP contribution < -0.4 is 0 Å². The Morgan fingerprint density at radius 1 is 0.964 bits per heavy atom. The lowest BCUT2D eigenvalue weighted by Gasteiger charge is -2.34. The van der Waals surface area contributed by atoms with Gasteiger partial charge in [0.2, 0.25) is 5.71 Å². The van der Waals surface area contributed by atoms with Gasteiger partial charge in [-0.25, -0.2) is 4.58 Å². The van der Waals surface area contributed by atoms with Gasteiger partial charge < -0.3 is 0 Å². The van der Waals surface area contributed by atoms with E-state index in [1.165, 1.54) is 61.9 Å². The minimum Gasteiger partial charge on any atom is -0.222 e. The molecule has 0 radical (unpaired) electrons. The maximum atomic E-state index is 2.86. The van der Waals surface area contributed by atoms with Crippen molar-refractivity contribution < 1.29 is 4.58 Å². The zero-order valence-electron chi connectivity index (χ0n) is 18.0. The van der Waals surface area contributed by atoms with Crippen molar-refractivity contribution in [1.82, 2.24) is 0 Å². The molecule has 0 saturated heterocycles. The molecule has 1 saturated carbocycles. The molecule has 0 N–H and O–H groups in total. The van der Waals surface area contributed by atoms with Crippen molar-refractivity contribution in [2.75, 3.05) is 6.54 Å². The summed E-state index contributed by atoms with van der Waals surface area (Å²) >= 11 is 0. The van der Waals surface area contributed by atoms with E-state index in [1.54, 1.807) is 16.7 Å². The average Bonchev–Trinajstić information content (AvgIpc) is 3.31. The van der Waals surface area contributed by atoms with E-state index in [0.29, 0.717) is 11.0 Å². The highest BCUT2D eigenvalue weighted by Crippen LogP contribution is 2.70. The summed E-state index contributed by atoms with van der Waals surface area (Å²) in [6, 6.07) is 16.4. The van der Waals surface area contributed by atoms with Crippen molar-refractivity contribution in [3.63, 3.8) is 0 Å². The van der Waals surface area contributed by atoms with Crippen LogP contribution in [-0.2, 0) is 18.3 Å². The molecule has 2 aromatic rings. The lowest BCUT2D eigenvalue weighted by atomic mass is 9.75. The molecule has 5 rings (SSSR count). The number of fused-ring (bicyclic) bond motifs is 7. The van der Waals surface area contributed by atoms with Crippen molar-refractivity contribution >= 4 is 5.71 Å². The normalized spacial score (nSPS) is 29.6. The van der Waals surface area contributed by atoms with Crippen molar-refractivity contribution in [3.8, 4) is 0 Å². The van der Waals surface area contributed by atoms with Gasteiger partial charge in [-0.3, -0.25) is 0 Å². The Hall–Kier alpha value is -1.89. The van der Waals surface area contributed by atoms with Gasteiger partial charge in [0.05, 0.1) is 16.5 Å². The summed E-state index contributed by atoms with van der Waals surface area (Å²) in [5, 5.41) is 0. The van der Waals surface area contributed by atoms with Crippen LogP contribution in [0.2, 0.25) is 0 Å². The molecule has 1 fully saturated rings. The summed E-state index contributed by atoms with van der Waals surface area (Å²) in [4.78, 5) is 0. The summed E-state index contributed by atoms with van der Waals surface area (Å²) in [5.41, 5.74) is 10.0. The van der Waals surface area contributed by atoms with Gasteiger partial charge in [0.15, 0.2) is 5.54 Å². The van der Waals surface area contributed by atoms with Crippen LogP contribution in [0.5, 0.6) is 0 Å². The predicted octanol–water partition coefficient (Wildman–Crippen LogP) is 5.90. The van der Waals surface area contributed by atoms with E-state index in [1.807, 2.05) is 0 Å². The number of rotatable bonds is 5. The van der Waals surface area contributed by atoms with Crippen LogP contribution in [0.4, 0.5) is 0 Å². The van der Waals surface area contributed by atoms with Gasteiger partial charge in [0.25, 0.3) is 0 Å². The molecule has 0 aromatic heterocycles. The molecule has 1 heteroatoms. The minimum absolute atomic E-state index is 0.308. The number of hydrogen-bond acceptors (Lipinski definition) is 0. The van der Waals surface area contributed by atoms with Gasteiger partial charge in [-0.05, 0) is 48.1 Å². The molecular formula is C27H34N+. The Balaban J connectivity index is 1.78. The van der Waals surface area contributed by atoms with Gasteiger partial charge in [-0.2, -0.15) is 0 Å². The Morgan fingerprint density at radius 3 is 2.50 bits per heavy atom. The fourth-order valence-electron chi connectivity index (χ4n) is 7.35. The quantitative estimate of drug-likeness (QED) is 0.575. The molecule has 2 aliphatic heterocycles. The molecule has 0 bridgehead atoms. The van der Waals surface area contributed by atoms with Crippen LogP contribution in [-0.4, -0.2) is 22.4 Å². The number of benzene rings is 2. The highest BCUT2D eigenvalue weighted by molar-refractivity contribution is 6.13. The molecule has 1 nitrogen and oxygen atoms in total. The van der Waals surface area contributed by atoms with E-state index in [4.69, 9.17) is 0 Å². The molecule has 3 atom stereocenters.